The molecule has 4 rings (SSSR count). The number of likely N-dealkylation sites (tertiary alicyclic amines) is 1. The molecule has 0 unspecified atom stereocenters. The molecule has 3 amide bonds. The largest absolute Gasteiger partial charge is 0.351 e. The number of amides is 3. The number of aromatic nitrogens is 1. The van der Waals surface area contributed by atoms with Gasteiger partial charge in [0.1, 0.15) is 5.69 Å². The van der Waals surface area contributed by atoms with Crippen molar-refractivity contribution in [3.63, 3.8) is 0 Å². The van der Waals surface area contributed by atoms with E-state index in [0.29, 0.717) is 30.2 Å². The minimum atomic E-state index is -0.281. The molecule has 3 N–H and O–H groups in total. The van der Waals surface area contributed by atoms with Crippen molar-refractivity contribution in [2.75, 3.05) is 23.7 Å². The van der Waals surface area contributed by atoms with Crippen LogP contribution >= 0.6 is 0 Å². The van der Waals surface area contributed by atoms with Gasteiger partial charge in [0.15, 0.2) is 0 Å². The van der Waals surface area contributed by atoms with Crippen molar-refractivity contribution in [1.29, 1.82) is 0 Å². The fourth-order valence-corrected chi connectivity index (χ4v) is 3.86. The zero-order valence-electron chi connectivity index (χ0n) is 16.8. The second-order valence-corrected chi connectivity index (χ2v) is 7.61. The number of carbonyl (C=O) groups excluding carboxylic acids is 3. The molecular weight excluding hydrogens is 380 g/mol. The van der Waals surface area contributed by atoms with Gasteiger partial charge in [-0.25, -0.2) is 0 Å². The maximum absolute atomic E-state index is 13.0. The summed E-state index contributed by atoms with van der Waals surface area (Å²) in [6.45, 7) is 2.45. The van der Waals surface area contributed by atoms with Gasteiger partial charge in [-0.3, -0.25) is 14.4 Å². The Morgan fingerprint density at radius 1 is 1.00 bits per heavy atom. The third-order valence-corrected chi connectivity index (χ3v) is 5.29. The molecule has 0 saturated carbocycles. The summed E-state index contributed by atoms with van der Waals surface area (Å²) in [4.78, 5) is 41.9. The van der Waals surface area contributed by atoms with Crippen LogP contribution in [0.2, 0.25) is 0 Å². The molecule has 1 atom stereocenters. The van der Waals surface area contributed by atoms with Crippen molar-refractivity contribution in [1.82, 2.24) is 9.88 Å². The smallest absolute Gasteiger partial charge is 0.270 e. The monoisotopic (exact) mass is 404 g/mol. The van der Waals surface area contributed by atoms with Crippen molar-refractivity contribution in [2.45, 2.75) is 19.8 Å². The maximum atomic E-state index is 13.0. The van der Waals surface area contributed by atoms with E-state index in [1.54, 1.807) is 29.2 Å². The molecule has 7 heteroatoms. The number of hydrogen-bond acceptors (Lipinski definition) is 3. The van der Waals surface area contributed by atoms with Crippen LogP contribution < -0.4 is 10.6 Å². The summed E-state index contributed by atoms with van der Waals surface area (Å²) in [5.41, 5.74) is 2.70. The van der Waals surface area contributed by atoms with E-state index in [1.807, 2.05) is 30.3 Å². The quantitative estimate of drug-likeness (QED) is 0.620. The van der Waals surface area contributed by atoms with E-state index in [2.05, 4.69) is 15.6 Å². The number of fused-ring (bicyclic) bond motifs is 1. The summed E-state index contributed by atoms with van der Waals surface area (Å²) in [6.07, 6.45) is 1.50. The molecule has 0 radical (unpaired) electrons. The third kappa shape index (κ3) is 4.35. The first-order chi connectivity index (χ1) is 14.5. The van der Waals surface area contributed by atoms with Gasteiger partial charge in [-0.15, -0.1) is 0 Å². The van der Waals surface area contributed by atoms with E-state index >= 15 is 0 Å². The van der Waals surface area contributed by atoms with Crippen LogP contribution in [0, 0.1) is 5.92 Å². The molecule has 0 bridgehead atoms. The fourth-order valence-electron chi connectivity index (χ4n) is 3.86. The van der Waals surface area contributed by atoms with Crippen molar-refractivity contribution in [3.8, 4) is 0 Å². The van der Waals surface area contributed by atoms with Gasteiger partial charge in [-0.2, -0.15) is 0 Å². The predicted octanol–water partition coefficient (Wildman–Crippen LogP) is 3.62. The number of H-pyrrole nitrogens is 1. The van der Waals surface area contributed by atoms with Gasteiger partial charge in [-0.1, -0.05) is 24.3 Å². The maximum Gasteiger partial charge on any atom is 0.270 e. The number of benzene rings is 2. The number of nitrogens with one attached hydrogen (secondary N) is 3. The van der Waals surface area contributed by atoms with Crippen LogP contribution in [-0.2, 0) is 9.59 Å². The highest BCUT2D eigenvalue weighted by atomic mass is 16.2. The molecule has 1 aliphatic rings. The number of hydrogen-bond donors (Lipinski definition) is 3. The number of para-hydroxylation sites is 1. The summed E-state index contributed by atoms with van der Waals surface area (Å²) in [6, 6.07) is 16.6. The van der Waals surface area contributed by atoms with E-state index in [4.69, 9.17) is 0 Å². The summed E-state index contributed by atoms with van der Waals surface area (Å²) in [5, 5.41) is 6.60. The number of piperidine rings is 1. The van der Waals surface area contributed by atoms with Gasteiger partial charge >= 0.3 is 0 Å². The van der Waals surface area contributed by atoms with Crippen LogP contribution in [0.5, 0.6) is 0 Å². The van der Waals surface area contributed by atoms with Crippen LogP contribution in [0.25, 0.3) is 10.9 Å². The molecule has 2 aromatic carbocycles. The molecule has 1 aliphatic heterocycles. The van der Waals surface area contributed by atoms with Crippen LogP contribution in [-0.4, -0.2) is 40.7 Å². The third-order valence-electron chi connectivity index (χ3n) is 5.29. The molecular formula is C23H24N4O3. The van der Waals surface area contributed by atoms with Gasteiger partial charge in [0.25, 0.3) is 5.91 Å². The first-order valence-electron chi connectivity index (χ1n) is 10.0. The Labute approximate surface area is 174 Å². The van der Waals surface area contributed by atoms with E-state index < -0.39 is 0 Å². The molecule has 0 aliphatic carbocycles. The number of anilines is 2. The predicted molar refractivity (Wildman–Crippen MR) is 116 cm³/mol. The van der Waals surface area contributed by atoms with Crippen molar-refractivity contribution >= 4 is 40.0 Å². The SMILES string of the molecule is CC(=O)Nc1cccc(NC(=O)[C@@H]2CCCN(C(=O)c3cc4ccccc4[nH]3)C2)c1. The van der Waals surface area contributed by atoms with Crippen LogP contribution in [0.15, 0.2) is 54.6 Å². The lowest BCUT2D eigenvalue weighted by Gasteiger charge is -2.31. The lowest BCUT2D eigenvalue weighted by atomic mass is 9.96. The van der Waals surface area contributed by atoms with Gasteiger partial charge in [-0.05, 0) is 43.2 Å². The molecule has 1 fully saturated rings. The van der Waals surface area contributed by atoms with Crippen molar-refractivity contribution < 1.29 is 14.4 Å². The lowest BCUT2D eigenvalue weighted by Crippen LogP contribution is -2.43. The average molecular weight is 404 g/mol. The Balaban J connectivity index is 1.42. The second-order valence-electron chi connectivity index (χ2n) is 7.61. The Morgan fingerprint density at radius 3 is 2.53 bits per heavy atom. The van der Waals surface area contributed by atoms with Crippen LogP contribution in [0.1, 0.15) is 30.3 Å². The molecule has 2 heterocycles. The summed E-state index contributed by atoms with van der Waals surface area (Å²) < 4.78 is 0. The molecule has 1 aromatic heterocycles. The van der Waals surface area contributed by atoms with Gasteiger partial charge in [0.2, 0.25) is 11.8 Å². The number of nitrogens with zero attached hydrogens (tertiary/aromatic N) is 1. The van der Waals surface area contributed by atoms with E-state index in [0.717, 1.165) is 23.7 Å². The standard InChI is InChI=1S/C23H24N4O3/c1-15(28)24-18-8-4-9-19(13-18)25-22(29)17-7-5-11-27(14-17)23(30)21-12-16-6-2-3-10-20(16)26-21/h2-4,6,8-10,12-13,17,26H,5,7,11,14H2,1H3,(H,24,28)(H,25,29)/t17-/m1/s1. The minimum Gasteiger partial charge on any atom is -0.351 e. The number of rotatable bonds is 4. The lowest BCUT2D eigenvalue weighted by molar-refractivity contribution is -0.121. The zero-order chi connectivity index (χ0) is 21.1. The Morgan fingerprint density at radius 2 is 1.77 bits per heavy atom. The number of aromatic amines is 1. The molecule has 1 saturated heterocycles. The van der Waals surface area contributed by atoms with E-state index in [-0.39, 0.29) is 23.6 Å². The fraction of sp³-hybridized carbons (Fsp3) is 0.261. The minimum absolute atomic E-state index is 0.0867. The van der Waals surface area contributed by atoms with Gasteiger partial charge < -0.3 is 20.5 Å². The highest BCUT2D eigenvalue weighted by molar-refractivity contribution is 5.99. The topological polar surface area (TPSA) is 94.3 Å². The first kappa shape index (κ1) is 19.7. The highest BCUT2D eigenvalue weighted by Crippen LogP contribution is 2.23. The Hall–Kier alpha value is -3.61. The number of carbonyl (C=O) groups is 3. The van der Waals surface area contributed by atoms with Crippen LogP contribution in [0.3, 0.4) is 0 Å². The zero-order valence-corrected chi connectivity index (χ0v) is 16.8. The molecule has 0 spiro atoms. The Kier molecular flexibility index (Phi) is 5.52. The normalized spacial score (nSPS) is 16.3. The molecule has 7 nitrogen and oxygen atoms in total. The van der Waals surface area contributed by atoms with Crippen molar-refractivity contribution in [3.05, 3.63) is 60.3 Å². The van der Waals surface area contributed by atoms with Crippen LogP contribution in [0.4, 0.5) is 11.4 Å². The Bertz CT molecular complexity index is 1070. The summed E-state index contributed by atoms with van der Waals surface area (Å²) in [5.74, 6) is -0.658. The average Bonchev–Trinajstić information content (AvgIpc) is 3.17. The summed E-state index contributed by atoms with van der Waals surface area (Å²) in [7, 11) is 0. The molecule has 30 heavy (non-hydrogen) atoms. The van der Waals surface area contributed by atoms with E-state index in [1.165, 1.54) is 6.92 Å². The summed E-state index contributed by atoms with van der Waals surface area (Å²) >= 11 is 0. The molecule has 154 valence electrons. The van der Waals surface area contributed by atoms with Crippen molar-refractivity contribution in [2.24, 2.45) is 5.92 Å². The van der Waals surface area contributed by atoms with Gasteiger partial charge in [0.05, 0.1) is 5.92 Å². The molecule has 3 aromatic rings. The first-order valence-corrected chi connectivity index (χ1v) is 10.0. The van der Waals surface area contributed by atoms with E-state index in [9.17, 15) is 14.4 Å². The highest BCUT2D eigenvalue weighted by Gasteiger charge is 2.29. The second kappa shape index (κ2) is 8.41. The van der Waals surface area contributed by atoms with Gasteiger partial charge in [0, 0.05) is 42.3 Å².